The number of nitrogens with one attached hydrogen (secondary N) is 1. The molecule has 2 heterocycles. The highest BCUT2D eigenvalue weighted by molar-refractivity contribution is 7.17. The molecule has 0 saturated heterocycles. The summed E-state index contributed by atoms with van der Waals surface area (Å²) in [6.45, 7) is 0. The van der Waals surface area contributed by atoms with Crippen LogP contribution in [0.2, 0.25) is 0 Å². The lowest BCUT2D eigenvalue weighted by Crippen LogP contribution is -2.06. The maximum atomic E-state index is 13.3. The lowest BCUT2D eigenvalue weighted by Gasteiger charge is -2.11. The zero-order chi connectivity index (χ0) is 18.8. The molecule has 0 aliphatic carbocycles. The second-order valence-corrected chi connectivity index (χ2v) is 6.58. The second-order valence-electron chi connectivity index (χ2n) is 5.72. The standard InChI is InChI=1S/C20H14FN3O2S/c1-26-20(25)14-4-2-3-5-16(14)24-18-17-15(10-27-19(17)23-11-22-18)12-6-8-13(21)9-7-12/h2-11H,1H3,(H,22,23,24). The number of ether oxygens (including phenoxy) is 1. The first-order chi connectivity index (χ1) is 13.2. The molecule has 0 bridgehead atoms. The third-order valence-electron chi connectivity index (χ3n) is 4.11. The summed E-state index contributed by atoms with van der Waals surface area (Å²) >= 11 is 1.48. The fourth-order valence-electron chi connectivity index (χ4n) is 2.82. The molecule has 134 valence electrons. The summed E-state index contributed by atoms with van der Waals surface area (Å²) in [5, 5.41) is 6.00. The van der Waals surface area contributed by atoms with E-state index in [2.05, 4.69) is 15.3 Å². The second kappa shape index (κ2) is 7.13. The molecule has 1 N–H and O–H groups in total. The highest BCUT2D eigenvalue weighted by Gasteiger charge is 2.16. The van der Waals surface area contributed by atoms with Crippen LogP contribution in [0, 0.1) is 5.82 Å². The van der Waals surface area contributed by atoms with Crippen LogP contribution in [0.5, 0.6) is 0 Å². The van der Waals surface area contributed by atoms with E-state index in [1.165, 1.54) is 36.9 Å². The Morgan fingerprint density at radius 1 is 1.11 bits per heavy atom. The average molecular weight is 379 g/mol. The quantitative estimate of drug-likeness (QED) is 0.504. The number of rotatable bonds is 4. The normalized spacial score (nSPS) is 10.7. The van der Waals surface area contributed by atoms with E-state index in [4.69, 9.17) is 4.74 Å². The molecule has 27 heavy (non-hydrogen) atoms. The molecule has 0 saturated carbocycles. The van der Waals surface area contributed by atoms with Gasteiger partial charge in [-0.25, -0.2) is 19.2 Å². The molecule has 4 aromatic rings. The summed E-state index contributed by atoms with van der Waals surface area (Å²) in [5.41, 5.74) is 2.75. The smallest absolute Gasteiger partial charge is 0.339 e. The van der Waals surface area contributed by atoms with Gasteiger partial charge in [-0.2, -0.15) is 0 Å². The summed E-state index contributed by atoms with van der Waals surface area (Å²) in [7, 11) is 1.34. The Hall–Kier alpha value is -3.32. The van der Waals surface area contributed by atoms with Crippen molar-refractivity contribution in [3.05, 3.63) is 71.6 Å². The van der Waals surface area contributed by atoms with E-state index < -0.39 is 5.97 Å². The van der Waals surface area contributed by atoms with Crippen LogP contribution in [0.1, 0.15) is 10.4 Å². The molecule has 0 amide bonds. The minimum absolute atomic E-state index is 0.292. The van der Waals surface area contributed by atoms with E-state index >= 15 is 0 Å². The number of hydrogen-bond donors (Lipinski definition) is 1. The third kappa shape index (κ3) is 3.24. The summed E-state index contributed by atoms with van der Waals surface area (Å²) < 4.78 is 18.1. The van der Waals surface area contributed by atoms with E-state index in [1.807, 2.05) is 11.4 Å². The fourth-order valence-corrected chi connectivity index (χ4v) is 3.74. The zero-order valence-electron chi connectivity index (χ0n) is 14.3. The molecule has 0 spiro atoms. The Labute approximate surface area is 158 Å². The van der Waals surface area contributed by atoms with Crippen molar-refractivity contribution in [2.75, 3.05) is 12.4 Å². The first kappa shape index (κ1) is 17.1. The predicted octanol–water partition coefficient (Wildman–Crippen LogP) is 5.03. The number of benzene rings is 2. The summed E-state index contributed by atoms with van der Waals surface area (Å²) in [6, 6.07) is 13.3. The summed E-state index contributed by atoms with van der Waals surface area (Å²) in [5.74, 6) is -0.163. The van der Waals surface area contributed by atoms with Crippen LogP contribution in [-0.2, 0) is 4.74 Å². The first-order valence-corrected chi connectivity index (χ1v) is 8.98. The molecular weight excluding hydrogens is 365 g/mol. The van der Waals surface area contributed by atoms with Gasteiger partial charge in [0.15, 0.2) is 0 Å². The molecule has 7 heteroatoms. The van der Waals surface area contributed by atoms with Gasteiger partial charge >= 0.3 is 5.97 Å². The van der Waals surface area contributed by atoms with Crippen molar-refractivity contribution >= 4 is 39.0 Å². The molecule has 0 atom stereocenters. The van der Waals surface area contributed by atoms with E-state index in [0.717, 1.165) is 21.3 Å². The van der Waals surface area contributed by atoms with E-state index in [9.17, 15) is 9.18 Å². The Morgan fingerprint density at radius 2 is 1.89 bits per heavy atom. The number of hydrogen-bond acceptors (Lipinski definition) is 6. The van der Waals surface area contributed by atoms with Gasteiger partial charge in [0.2, 0.25) is 0 Å². The molecule has 0 fully saturated rings. The molecule has 5 nitrogen and oxygen atoms in total. The molecule has 0 aliphatic heterocycles. The maximum absolute atomic E-state index is 13.3. The SMILES string of the molecule is COC(=O)c1ccccc1Nc1ncnc2scc(-c3ccc(F)cc3)c12. The maximum Gasteiger partial charge on any atom is 0.339 e. The molecule has 0 unspecified atom stereocenters. The Morgan fingerprint density at radius 3 is 2.67 bits per heavy atom. The number of aromatic nitrogens is 2. The van der Waals surface area contributed by atoms with E-state index in [-0.39, 0.29) is 5.82 Å². The van der Waals surface area contributed by atoms with Crippen LogP contribution >= 0.6 is 11.3 Å². The molecule has 0 radical (unpaired) electrons. The van der Waals surface area contributed by atoms with Gasteiger partial charge in [-0.15, -0.1) is 11.3 Å². The Bertz CT molecular complexity index is 1130. The number of thiophene rings is 1. The van der Waals surface area contributed by atoms with Gasteiger partial charge in [0.05, 0.1) is 23.7 Å². The minimum atomic E-state index is -0.438. The van der Waals surface area contributed by atoms with Crippen molar-refractivity contribution < 1.29 is 13.9 Å². The molecule has 0 aliphatic rings. The number of methoxy groups -OCH3 is 1. The zero-order valence-corrected chi connectivity index (χ0v) is 15.1. The molecule has 4 rings (SSSR count). The van der Waals surface area contributed by atoms with Crippen LogP contribution in [0.3, 0.4) is 0 Å². The number of fused-ring (bicyclic) bond motifs is 1. The monoisotopic (exact) mass is 379 g/mol. The van der Waals surface area contributed by atoms with Crippen LogP contribution in [0.25, 0.3) is 21.3 Å². The van der Waals surface area contributed by atoms with Crippen molar-refractivity contribution in [3.63, 3.8) is 0 Å². The van der Waals surface area contributed by atoms with Gasteiger partial charge < -0.3 is 10.1 Å². The van der Waals surface area contributed by atoms with Crippen LogP contribution in [-0.4, -0.2) is 23.0 Å². The largest absolute Gasteiger partial charge is 0.465 e. The number of carbonyl (C=O) groups is 1. The first-order valence-electron chi connectivity index (χ1n) is 8.10. The van der Waals surface area contributed by atoms with Crippen molar-refractivity contribution in [2.24, 2.45) is 0 Å². The molecule has 2 aromatic carbocycles. The lowest BCUT2D eigenvalue weighted by atomic mass is 10.1. The minimum Gasteiger partial charge on any atom is -0.465 e. The van der Waals surface area contributed by atoms with Crippen LogP contribution in [0.4, 0.5) is 15.9 Å². The Kier molecular flexibility index (Phi) is 4.52. The third-order valence-corrected chi connectivity index (χ3v) is 5.00. The summed E-state index contributed by atoms with van der Waals surface area (Å²) in [6.07, 6.45) is 1.47. The lowest BCUT2D eigenvalue weighted by molar-refractivity contribution is 0.0602. The van der Waals surface area contributed by atoms with Crippen molar-refractivity contribution in [1.29, 1.82) is 0 Å². The fraction of sp³-hybridized carbons (Fsp3) is 0.0500. The number of anilines is 2. The highest BCUT2D eigenvalue weighted by atomic mass is 32.1. The number of nitrogens with zero attached hydrogens (tertiary/aromatic N) is 2. The van der Waals surface area contributed by atoms with Crippen molar-refractivity contribution in [3.8, 4) is 11.1 Å². The topological polar surface area (TPSA) is 64.1 Å². The van der Waals surface area contributed by atoms with Gasteiger partial charge in [0.1, 0.15) is 22.8 Å². The van der Waals surface area contributed by atoms with Gasteiger partial charge in [-0.3, -0.25) is 0 Å². The number of para-hydroxylation sites is 1. The summed E-state index contributed by atoms with van der Waals surface area (Å²) in [4.78, 5) is 21.5. The highest BCUT2D eigenvalue weighted by Crippen LogP contribution is 2.37. The van der Waals surface area contributed by atoms with Crippen molar-refractivity contribution in [1.82, 2.24) is 9.97 Å². The molecular formula is C20H14FN3O2S. The van der Waals surface area contributed by atoms with E-state index in [0.29, 0.717) is 17.1 Å². The van der Waals surface area contributed by atoms with E-state index in [1.54, 1.807) is 30.3 Å². The van der Waals surface area contributed by atoms with Gasteiger partial charge in [-0.1, -0.05) is 24.3 Å². The van der Waals surface area contributed by atoms with Crippen molar-refractivity contribution in [2.45, 2.75) is 0 Å². The number of halogens is 1. The number of carbonyl (C=O) groups excluding carboxylic acids is 1. The van der Waals surface area contributed by atoms with Crippen LogP contribution in [0.15, 0.2) is 60.2 Å². The van der Waals surface area contributed by atoms with Crippen LogP contribution < -0.4 is 5.32 Å². The predicted molar refractivity (Wildman–Crippen MR) is 104 cm³/mol. The van der Waals surface area contributed by atoms with Gasteiger partial charge in [0.25, 0.3) is 0 Å². The number of esters is 1. The van der Waals surface area contributed by atoms with Gasteiger partial charge in [-0.05, 0) is 29.8 Å². The molecule has 2 aromatic heterocycles. The Balaban J connectivity index is 1.83. The average Bonchev–Trinajstić information content (AvgIpc) is 3.14. The van der Waals surface area contributed by atoms with Gasteiger partial charge in [0, 0.05) is 10.9 Å².